The molecule has 1 aliphatic carbocycles. The second-order valence-electron chi connectivity index (χ2n) is 14.7. The first-order valence-electron chi connectivity index (χ1n) is 19.2. The number of thiophene rings is 1. The zero-order valence-electron chi connectivity index (χ0n) is 30.5. The molecule has 6 heteroatoms. The molecule has 0 radical (unpaired) electrons. The van der Waals surface area contributed by atoms with Gasteiger partial charge in [0.2, 0.25) is 0 Å². The van der Waals surface area contributed by atoms with Gasteiger partial charge in [0.05, 0.1) is 0 Å². The third-order valence-corrected chi connectivity index (χ3v) is 12.5. The number of rotatable bonds is 5. The molecule has 268 valence electrons. The average molecular weight is 750 g/mol. The highest BCUT2D eigenvalue weighted by Crippen LogP contribution is 2.47. The van der Waals surface area contributed by atoms with E-state index in [4.69, 9.17) is 24.1 Å². The van der Waals surface area contributed by atoms with Crippen LogP contribution in [0.15, 0.2) is 180 Å². The van der Waals surface area contributed by atoms with Gasteiger partial charge in [-0.3, -0.25) is 0 Å². The number of allylic oxidation sites excluding steroid dienone is 4. The van der Waals surface area contributed by atoms with Gasteiger partial charge >= 0.3 is 0 Å². The van der Waals surface area contributed by atoms with E-state index in [9.17, 15) is 0 Å². The van der Waals surface area contributed by atoms with Gasteiger partial charge in [0.25, 0.3) is 0 Å². The molecule has 12 rings (SSSR count). The normalized spacial score (nSPS) is 14.8. The van der Waals surface area contributed by atoms with Crippen LogP contribution in [0.25, 0.3) is 92.7 Å². The van der Waals surface area contributed by atoms with Crippen molar-refractivity contribution in [3.63, 3.8) is 0 Å². The van der Waals surface area contributed by atoms with Crippen molar-refractivity contribution >= 4 is 59.0 Å². The third-order valence-electron chi connectivity index (χ3n) is 11.3. The molecule has 0 saturated heterocycles. The summed E-state index contributed by atoms with van der Waals surface area (Å²) in [7, 11) is 0. The van der Waals surface area contributed by atoms with Gasteiger partial charge in [-0.2, -0.15) is 0 Å². The van der Waals surface area contributed by atoms with Crippen molar-refractivity contribution in [2.45, 2.75) is 12.3 Å². The lowest BCUT2D eigenvalue weighted by Crippen LogP contribution is -2.07. The quantitative estimate of drug-likeness (QED) is 0.175. The van der Waals surface area contributed by atoms with Crippen LogP contribution < -0.4 is 4.74 Å². The zero-order valence-corrected chi connectivity index (χ0v) is 31.3. The van der Waals surface area contributed by atoms with E-state index < -0.39 is 0 Å². The Morgan fingerprint density at radius 3 is 2.18 bits per heavy atom. The summed E-state index contributed by atoms with van der Waals surface area (Å²) in [5.74, 6) is 4.02. The van der Waals surface area contributed by atoms with E-state index >= 15 is 0 Å². The van der Waals surface area contributed by atoms with Crippen molar-refractivity contribution < 1.29 is 9.15 Å². The maximum Gasteiger partial charge on any atom is 0.164 e. The Labute approximate surface area is 331 Å². The van der Waals surface area contributed by atoms with Gasteiger partial charge in [-0.15, -0.1) is 11.3 Å². The van der Waals surface area contributed by atoms with Gasteiger partial charge in [0, 0.05) is 59.1 Å². The maximum absolute atomic E-state index is 6.31. The summed E-state index contributed by atoms with van der Waals surface area (Å²) in [6, 6.07) is 55.2. The Bertz CT molecular complexity index is 3320. The molecule has 0 fully saturated rings. The highest BCUT2D eigenvalue weighted by molar-refractivity contribution is 7.25. The van der Waals surface area contributed by atoms with Crippen LogP contribution in [0, 0.1) is 0 Å². The number of hydrogen-bond donors (Lipinski definition) is 0. The number of para-hydroxylation sites is 2. The topological polar surface area (TPSA) is 61.0 Å². The minimum Gasteiger partial charge on any atom is -0.461 e. The van der Waals surface area contributed by atoms with E-state index in [0.29, 0.717) is 17.5 Å². The monoisotopic (exact) mass is 749 g/mol. The van der Waals surface area contributed by atoms with Crippen molar-refractivity contribution in [3.8, 4) is 50.8 Å². The second-order valence-corrected chi connectivity index (χ2v) is 15.7. The first-order chi connectivity index (χ1) is 28.2. The lowest BCUT2D eigenvalue weighted by Gasteiger charge is -2.16. The fourth-order valence-electron chi connectivity index (χ4n) is 8.60. The largest absolute Gasteiger partial charge is 0.461 e. The lowest BCUT2D eigenvalue weighted by atomic mass is 9.89. The van der Waals surface area contributed by atoms with E-state index in [-0.39, 0.29) is 5.92 Å². The molecule has 3 aromatic heterocycles. The molecule has 0 bridgehead atoms. The SMILES string of the molecule is C1=C(c2nc(-c3ccccc3)nc(-c3ccc4c(c3)sc3ccc(-c5ccccc5-c5cccc6oc7ccccc7c56)cc34)n2)C=C2Oc3ccccc3C2C1. The Morgan fingerprint density at radius 1 is 0.509 bits per heavy atom. The number of furan rings is 1. The van der Waals surface area contributed by atoms with Crippen molar-refractivity contribution in [1.29, 1.82) is 0 Å². The molecular formula is C51H31N3O2S. The van der Waals surface area contributed by atoms with Crippen LogP contribution in [0.4, 0.5) is 0 Å². The summed E-state index contributed by atoms with van der Waals surface area (Å²) in [5.41, 5.74) is 10.6. The smallest absolute Gasteiger partial charge is 0.164 e. The molecule has 4 heterocycles. The molecule has 0 spiro atoms. The first kappa shape index (κ1) is 32.1. The maximum atomic E-state index is 6.31. The van der Waals surface area contributed by atoms with Crippen molar-refractivity contribution in [2.75, 3.05) is 0 Å². The van der Waals surface area contributed by atoms with Crippen LogP contribution >= 0.6 is 11.3 Å². The summed E-state index contributed by atoms with van der Waals surface area (Å²) >= 11 is 1.80. The van der Waals surface area contributed by atoms with E-state index in [1.54, 1.807) is 11.3 Å². The molecule has 57 heavy (non-hydrogen) atoms. The Morgan fingerprint density at radius 2 is 1.25 bits per heavy atom. The molecule has 10 aromatic rings. The molecule has 5 nitrogen and oxygen atoms in total. The number of fused-ring (bicyclic) bond motifs is 9. The fraction of sp³-hybridized carbons (Fsp3) is 0.0392. The third kappa shape index (κ3) is 5.25. The molecule has 1 aliphatic heterocycles. The summed E-state index contributed by atoms with van der Waals surface area (Å²) < 4.78 is 15.0. The Kier molecular flexibility index (Phi) is 7.16. The molecular weight excluding hydrogens is 719 g/mol. The van der Waals surface area contributed by atoms with Crippen molar-refractivity contribution in [3.05, 3.63) is 187 Å². The fourth-order valence-corrected chi connectivity index (χ4v) is 9.73. The van der Waals surface area contributed by atoms with Crippen molar-refractivity contribution in [2.24, 2.45) is 0 Å². The van der Waals surface area contributed by atoms with Crippen LogP contribution in [0.2, 0.25) is 0 Å². The number of nitrogens with zero attached hydrogens (tertiary/aromatic N) is 3. The number of aromatic nitrogens is 3. The number of ether oxygens (including phenoxy) is 1. The zero-order chi connectivity index (χ0) is 37.5. The predicted molar refractivity (Wildman–Crippen MR) is 232 cm³/mol. The molecule has 7 aromatic carbocycles. The van der Waals surface area contributed by atoms with Crippen LogP contribution in [0.1, 0.15) is 23.7 Å². The summed E-state index contributed by atoms with van der Waals surface area (Å²) in [6.45, 7) is 0. The molecule has 1 unspecified atom stereocenters. The summed E-state index contributed by atoms with van der Waals surface area (Å²) in [5, 5.41) is 4.71. The van der Waals surface area contributed by atoms with Gasteiger partial charge in [-0.1, -0.05) is 127 Å². The van der Waals surface area contributed by atoms with Gasteiger partial charge < -0.3 is 9.15 Å². The van der Waals surface area contributed by atoms with E-state index in [1.165, 1.54) is 48.0 Å². The van der Waals surface area contributed by atoms with E-state index in [2.05, 4.69) is 115 Å². The van der Waals surface area contributed by atoms with Crippen LogP contribution in [0.5, 0.6) is 5.75 Å². The standard InChI is InChI=1S/C51H31N3O2S/c1-2-11-30(12-3-1)49-52-50(32-21-24-37-36-15-6-8-18-42(36)56-45(37)28-32)54-51(53-49)33-22-25-38-41-27-31(23-26-46(41)57-47(38)29-33)34-13-4-5-14-35(34)39-17-10-20-44-48(39)40-16-7-9-19-43(40)55-44/h1-23,25-29,37H,24H2. The highest BCUT2D eigenvalue weighted by atomic mass is 32.1. The van der Waals surface area contributed by atoms with E-state index in [1.807, 2.05) is 54.6 Å². The number of hydrogen-bond acceptors (Lipinski definition) is 6. The van der Waals surface area contributed by atoms with Gasteiger partial charge in [-0.25, -0.2) is 15.0 Å². The molecule has 0 N–H and O–H groups in total. The van der Waals surface area contributed by atoms with Gasteiger partial charge in [-0.05, 0) is 71.1 Å². The minimum atomic E-state index is 0.218. The van der Waals surface area contributed by atoms with Crippen LogP contribution in [-0.2, 0) is 0 Å². The Hall–Kier alpha value is -7.15. The van der Waals surface area contributed by atoms with Gasteiger partial charge in [0.15, 0.2) is 17.5 Å². The van der Waals surface area contributed by atoms with Crippen LogP contribution in [0.3, 0.4) is 0 Å². The number of benzene rings is 7. The average Bonchev–Trinajstić information content (AvgIpc) is 3.97. The summed E-state index contributed by atoms with van der Waals surface area (Å²) in [4.78, 5) is 15.2. The lowest BCUT2D eigenvalue weighted by molar-refractivity contribution is 0.426. The van der Waals surface area contributed by atoms with Crippen LogP contribution in [-0.4, -0.2) is 15.0 Å². The molecule has 2 aliphatic rings. The van der Waals surface area contributed by atoms with Crippen molar-refractivity contribution in [1.82, 2.24) is 15.0 Å². The molecule has 0 amide bonds. The molecule has 1 atom stereocenters. The summed E-state index contributed by atoms with van der Waals surface area (Å²) in [6.07, 6.45) is 5.16. The second kappa shape index (κ2) is 12.7. The van der Waals surface area contributed by atoms with E-state index in [0.717, 1.165) is 56.6 Å². The highest BCUT2D eigenvalue weighted by Gasteiger charge is 2.31. The first-order valence-corrected chi connectivity index (χ1v) is 20.0. The molecule has 0 saturated carbocycles. The van der Waals surface area contributed by atoms with Gasteiger partial charge in [0.1, 0.15) is 22.7 Å². The predicted octanol–water partition coefficient (Wildman–Crippen LogP) is 13.7. The minimum absolute atomic E-state index is 0.218. The Balaban J connectivity index is 0.947.